The summed E-state index contributed by atoms with van der Waals surface area (Å²) in [6, 6.07) is 10.4. The molecule has 1 amide bonds. The zero-order valence-electron chi connectivity index (χ0n) is 19.2. The van der Waals surface area contributed by atoms with E-state index in [0.717, 1.165) is 44.8 Å². The predicted molar refractivity (Wildman–Crippen MR) is 123 cm³/mol. The van der Waals surface area contributed by atoms with Crippen LogP contribution in [0.3, 0.4) is 0 Å². The Balaban J connectivity index is 2.59. The van der Waals surface area contributed by atoms with Crippen LogP contribution in [0, 0.1) is 5.92 Å². The average Bonchev–Trinajstić information content (AvgIpc) is 2.78. The van der Waals surface area contributed by atoms with Crippen molar-refractivity contribution >= 4 is 12.2 Å². The molecule has 4 N–H and O–H groups in total. The molecule has 0 saturated carbocycles. The molecule has 0 bridgehead atoms. The van der Waals surface area contributed by atoms with Crippen molar-refractivity contribution in [3.05, 3.63) is 35.9 Å². The summed E-state index contributed by atoms with van der Waals surface area (Å²) in [4.78, 5) is 22.5. The number of amides is 1. The molecule has 3 unspecified atom stereocenters. The van der Waals surface area contributed by atoms with Crippen LogP contribution >= 0.6 is 0 Å². The third-order valence-corrected chi connectivity index (χ3v) is 5.29. The molecule has 31 heavy (non-hydrogen) atoms. The second-order valence-electron chi connectivity index (χ2n) is 7.80. The van der Waals surface area contributed by atoms with Crippen molar-refractivity contribution in [3.63, 3.8) is 0 Å². The molecule has 0 saturated heterocycles. The van der Waals surface area contributed by atoms with Gasteiger partial charge in [0.1, 0.15) is 19.1 Å². The Morgan fingerprint density at radius 1 is 1.19 bits per heavy atom. The highest BCUT2D eigenvalue weighted by Gasteiger charge is 2.23. The number of nitrogens with two attached hydrogens (primary N) is 1. The lowest BCUT2D eigenvalue weighted by Gasteiger charge is -2.30. The Labute approximate surface area is 187 Å². The zero-order chi connectivity index (χ0) is 22.7. The topological polar surface area (TPSA) is 103 Å². The molecule has 7 nitrogen and oxygen atoms in total. The van der Waals surface area contributed by atoms with Crippen LogP contribution in [0.15, 0.2) is 30.3 Å². The van der Waals surface area contributed by atoms with E-state index in [1.807, 2.05) is 13.0 Å². The SMILES string of the molecule is CCC(Cc1ccccc1)C(CCNC(=O)CCCCCN)OC(C)NCOCC=O. The molecule has 0 aromatic heterocycles. The van der Waals surface area contributed by atoms with Crippen LogP contribution in [-0.2, 0) is 25.5 Å². The van der Waals surface area contributed by atoms with Crippen molar-refractivity contribution in [2.45, 2.75) is 71.1 Å². The van der Waals surface area contributed by atoms with Gasteiger partial charge in [0.2, 0.25) is 5.91 Å². The molecule has 7 heteroatoms. The van der Waals surface area contributed by atoms with Crippen LogP contribution in [0.5, 0.6) is 0 Å². The van der Waals surface area contributed by atoms with Crippen molar-refractivity contribution in [1.29, 1.82) is 0 Å². The lowest BCUT2D eigenvalue weighted by molar-refractivity contribution is -0.121. The first-order valence-corrected chi connectivity index (χ1v) is 11.5. The minimum atomic E-state index is -0.228. The highest BCUT2D eigenvalue weighted by Crippen LogP contribution is 2.22. The van der Waals surface area contributed by atoms with Gasteiger partial charge < -0.3 is 25.3 Å². The van der Waals surface area contributed by atoms with Gasteiger partial charge in [0.25, 0.3) is 0 Å². The quantitative estimate of drug-likeness (QED) is 0.175. The number of carbonyl (C=O) groups excluding carboxylic acids is 2. The highest BCUT2D eigenvalue weighted by molar-refractivity contribution is 5.75. The van der Waals surface area contributed by atoms with Crippen LogP contribution in [0.1, 0.15) is 57.9 Å². The van der Waals surface area contributed by atoms with E-state index in [-0.39, 0.29) is 31.6 Å². The van der Waals surface area contributed by atoms with Crippen molar-refractivity contribution < 1.29 is 19.1 Å². The van der Waals surface area contributed by atoms with Gasteiger partial charge in [0.15, 0.2) is 0 Å². The van der Waals surface area contributed by atoms with Gasteiger partial charge in [-0.15, -0.1) is 0 Å². The minimum absolute atomic E-state index is 0.0173. The van der Waals surface area contributed by atoms with Crippen molar-refractivity contribution in [2.75, 3.05) is 26.4 Å². The highest BCUT2D eigenvalue weighted by atomic mass is 16.5. The molecule has 1 aromatic carbocycles. The fraction of sp³-hybridized carbons (Fsp3) is 0.667. The molecular weight excluding hydrogens is 394 g/mol. The molecule has 0 aliphatic heterocycles. The molecule has 0 radical (unpaired) electrons. The molecule has 176 valence electrons. The Morgan fingerprint density at radius 3 is 2.65 bits per heavy atom. The van der Waals surface area contributed by atoms with E-state index >= 15 is 0 Å². The summed E-state index contributed by atoms with van der Waals surface area (Å²) >= 11 is 0. The predicted octanol–water partition coefficient (Wildman–Crippen LogP) is 2.77. The largest absolute Gasteiger partial charge is 0.360 e. The van der Waals surface area contributed by atoms with Crippen LogP contribution in [-0.4, -0.2) is 51.0 Å². The summed E-state index contributed by atoms with van der Waals surface area (Å²) in [5.41, 5.74) is 6.78. The minimum Gasteiger partial charge on any atom is -0.360 e. The van der Waals surface area contributed by atoms with E-state index in [0.29, 0.717) is 25.4 Å². The summed E-state index contributed by atoms with van der Waals surface area (Å²) < 4.78 is 11.5. The first kappa shape index (κ1) is 27.2. The van der Waals surface area contributed by atoms with E-state index < -0.39 is 0 Å². The maximum absolute atomic E-state index is 12.1. The molecule has 0 fully saturated rings. The van der Waals surface area contributed by atoms with Crippen LogP contribution in [0.4, 0.5) is 0 Å². The smallest absolute Gasteiger partial charge is 0.219 e. The number of aldehydes is 1. The average molecular weight is 436 g/mol. The van der Waals surface area contributed by atoms with E-state index in [1.54, 1.807) is 0 Å². The summed E-state index contributed by atoms with van der Waals surface area (Å²) in [6.07, 6.45) is 6.47. The van der Waals surface area contributed by atoms with Crippen molar-refractivity contribution in [1.82, 2.24) is 10.6 Å². The van der Waals surface area contributed by atoms with Crippen LogP contribution in [0.2, 0.25) is 0 Å². The molecule has 1 rings (SSSR count). The number of unbranched alkanes of at least 4 members (excludes halogenated alkanes) is 2. The number of rotatable bonds is 19. The molecular formula is C24H41N3O4. The van der Waals surface area contributed by atoms with Gasteiger partial charge >= 0.3 is 0 Å². The molecule has 0 aliphatic carbocycles. The Morgan fingerprint density at radius 2 is 1.97 bits per heavy atom. The first-order chi connectivity index (χ1) is 15.1. The first-order valence-electron chi connectivity index (χ1n) is 11.5. The van der Waals surface area contributed by atoms with Gasteiger partial charge in [-0.05, 0) is 50.6 Å². The fourth-order valence-electron chi connectivity index (χ4n) is 3.51. The maximum atomic E-state index is 12.1. The third-order valence-electron chi connectivity index (χ3n) is 5.29. The number of ether oxygens (including phenoxy) is 2. The zero-order valence-corrected chi connectivity index (χ0v) is 19.2. The normalized spacial score (nSPS) is 14.0. The molecule has 3 atom stereocenters. The summed E-state index contributed by atoms with van der Waals surface area (Å²) in [5.74, 6) is 0.407. The number of hydrogen-bond acceptors (Lipinski definition) is 6. The second-order valence-corrected chi connectivity index (χ2v) is 7.80. The fourth-order valence-corrected chi connectivity index (χ4v) is 3.51. The summed E-state index contributed by atoms with van der Waals surface area (Å²) in [6.45, 7) is 5.68. The van der Waals surface area contributed by atoms with Gasteiger partial charge in [-0.2, -0.15) is 0 Å². The summed E-state index contributed by atoms with van der Waals surface area (Å²) in [7, 11) is 0. The summed E-state index contributed by atoms with van der Waals surface area (Å²) in [5, 5.41) is 6.16. The third kappa shape index (κ3) is 13.3. The Bertz CT molecular complexity index is 585. The van der Waals surface area contributed by atoms with E-state index in [4.69, 9.17) is 15.2 Å². The second kappa shape index (κ2) is 17.8. The van der Waals surface area contributed by atoms with Crippen molar-refractivity contribution in [2.24, 2.45) is 11.7 Å². The van der Waals surface area contributed by atoms with Gasteiger partial charge in [-0.1, -0.05) is 50.1 Å². The maximum Gasteiger partial charge on any atom is 0.219 e. The Hall–Kier alpha value is -1.80. The van der Waals surface area contributed by atoms with Crippen LogP contribution < -0.4 is 16.4 Å². The van der Waals surface area contributed by atoms with Crippen LogP contribution in [0.25, 0.3) is 0 Å². The monoisotopic (exact) mass is 435 g/mol. The van der Waals surface area contributed by atoms with Gasteiger partial charge in [0, 0.05) is 13.0 Å². The van der Waals surface area contributed by atoms with E-state index in [2.05, 4.69) is 41.8 Å². The lowest BCUT2D eigenvalue weighted by Crippen LogP contribution is -2.39. The van der Waals surface area contributed by atoms with Gasteiger partial charge in [-0.3, -0.25) is 10.1 Å². The van der Waals surface area contributed by atoms with E-state index in [1.165, 1.54) is 5.56 Å². The number of nitrogens with one attached hydrogen (secondary N) is 2. The van der Waals surface area contributed by atoms with Gasteiger partial charge in [0.05, 0.1) is 12.8 Å². The molecule has 1 aromatic rings. The van der Waals surface area contributed by atoms with Crippen molar-refractivity contribution in [3.8, 4) is 0 Å². The number of hydrogen-bond donors (Lipinski definition) is 3. The van der Waals surface area contributed by atoms with Gasteiger partial charge in [-0.25, -0.2) is 0 Å². The number of carbonyl (C=O) groups is 2. The molecule has 0 spiro atoms. The Kier molecular flexibility index (Phi) is 15.7. The van der Waals surface area contributed by atoms with E-state index in [9.17, 15) is 9.59 Å². The molecule has 0 aliphatic rings. The molecule has 0 heterocycles. The number of benzene rings is 1. The lowest BCUT2D eigenvalue weighted by atomic mass is 9.90. The standard InChI is InChI=1S/C24H41N3O4/c1-3-22(18-21-10-6-4-7-11-21)23(31-20(2)27-19-30-17-16-28)13-15-26-24(29)12-8-5-9-14-25/h4,6-7,10-11,16,20,22-23,27H,3,5,8-9,12-15,17-19,25H2,1-2H3,(H,26,29).